The molecule has 5 rings (SSSR count). The number of carbonyl (C=O) groups excluding carboxylic acids is 2. The Morgan fingerprint density at radius 3 is 2.32 bits per heavy atom. The highest BCUT2D eigenvalue weighted by molar-refractivity contribution is 6.04. The molecule has 0 radical (unpaired) electrons. The van der Waals surface area contributed by atoms with Crippen LogP contribution in [0.4, 0.5) is 24.7 Å². The zero-order valence-electron chi connectivity index (χ0n) is 20.1. The quantitative estimate of drug-likeness (QED) is 0.388. The molecule has 2 aromatic carbocycles. The number of alkyl halides is 3. The molecule has 0 aliphatic carbocycles. The third kappa shape index (κ3) is 5.51. The SMILES string of the molecule is O=C(Nc1ccc(N2CCN(Cc3ccccc3)C(=O)C2)nc1)c1nc(-c2ccccc2)[nH]c1C(F)(F)F. The Morgan fingerprint density at radius 1 is 0.974 bits per heavy atom. The van der Waals surface area contributed by atoms with E-state index >= 15 is 0 Å². The summed E-state index contributed by atoms with van der Waals surface area (Å²) in [5, 5.41) is 2.43. The highest BCUT2D eigenvalue weighted by atomic mass is 19.4. The first kappa shape index (κ1) is 25.0. The Bertz CT molecular complexity index is 1420. The fourth-order valence-corrected chi connectivity index (χ4v) is 4.19. The summed E-state index contributed by atoms with van der Waals surface area (Å²) in [5.74, 6) is -0.591. The minimum Gasteiger partial charge on any atom is -0.346 e. The third-order valence-electron chi connectivity index (χ3n) is 6.11. The lowest BCUT2D eigenvalue weighted by atomic mass is 10.2. The number of hydrogen-bond donors (Lipinski definition) is 2. The van der Waals surface area contributed by atoms with E-state index in [4.69, 9.17) is 0 Å². The van der Waals surface area contributed by atoms with Crippen LogP contribution in [0.25, 0.3) is 11.4 Å². The van der Waals surface area contributed by atoms with Gasteiger partial charge >= 0.3 is 6.18 Å². The first-order chi connectivity index (χ1) is 18.3. The predicted octanol–water partition coefficient (Wildman–Crippen LogP) is 4.59. The van der Waals surface area contributed by atoms with Crippen molar-refractivity contribution in [3.05, 3.63) is 95.9 Å². The average Bonchev–Trinajstić information content (AvgIpc) is 3.38. The van der Waals surface area contributed by atoms with Gasteiger partial charge in [-0.2, -0.15) is 13.2 Å². The number of aromatic amines is 1. The van der Waals surface area contributed by atoms with Crippen LogP contribution in [0.2, 0.25) is 0 Å². The molecule has 0 saturated carbocycles. The highest BCUT2D eigenvalue weighted by Crippen LogP contribution is 2.33. The average molecular weight is 521 g/mol. The van der Waals surface area contributed by atoms with Gasteiger partial charge in [-0.3, -0.25) is 9.59 Å². The molecule has 11 heteroatoms. The van der Waals surface area contributed by atoms with E-state index in [2.05, 4.69) is 20.3 Å². The molecule has 0 bridgehead atoms. The van der Waals surface area contributed by atoms with Crippen molar-refractivity contribution >= 4 is 23.3 Å². The number of aromatic nitrogens is 3. The Balaban J connectivity index is 1.25. The summed E-state index contributed by atoms with van der Waals surface area (Å²) < 4.78 is 40.8. The van der Waals surface area contributed by atoms with Crippen molar-refractivity contribution in [1.82, 2.24) is 19.9 Å². The zero-order chi connectivity index (χ0) is 26.7. The van der Waals surface area contributed by atoms with E-state index < -0.39 is 23.5 Å². The molecule has 8 nitrogen and oxygen atoms in total. The molecule has 38 heavy (non-hydrogen) atoms. The van der Waals surface area contributed by atoms with Crippen LogP contribution in [0.5, 0.6) is 0 Å². The summed E-state index contributed by atoms with van der Waals surface area (Å²) in [6.07, 6.45) is -3.46. The summed E-state index contributed by atoms with van der Waals surface area (Å²) in [6, 6.07) is 21.1. The molecule has 2 amide bonds. The first-order valence-electron chi connectivity index (χ1n) is 11.8. The minimum atomic E-state index is -4.80. The van der Waals surface area contributed by atoms with E-state index in [1.54, 1.807) is 41.3 Å². The van der Waals surface area contributed by atoms with Gasteiger partial charge in [0.05, 0.1) is 18.4 Å². The second-order valence-corrected chi connectivity index (χ2v) is 8.75. The minimum absolute atomic E-state index is 0.0354. The van der Waals surface area contributed by atoms with E-state index in [0.29, 0.717) is 31.0 Å². The Morgan fingerprint density at radius 2 is 1.68 bits per heavy atom. The number of anilines is 2. The van der Waals surface area contributed by atoms with E-state index in [9.17, 15) is 22.8 Å². The molecule has 0 unspecified atom stereocenters. The number of nitrogens with one attached hydrogen (secondary N) is 2. The normalized spacial score (nSPS) is 14.0. The van der Waals surface area contributed by atoms with Crippen molar-refractivity contribution in [2.24, 2.45) is 0 Å². The maximum Gasteiger partial charge on any atom is 0.433 e. The second-order valence-electron chi connectivity index (χ2n) is 8.75. The Hall–Kier alpha value is -4.67. The van der Waals surface area contributed by atoms with Crippen molar-refractivity contribution in [2.45, 2.75) is 12.7 Å². The van der Waals surface area contributed by atoms with Crippen molar-refractivity contribution in [3.8, 4) is 11.4 Å². The number of carbonyl (C=O) groups is 2. The van der Waals surface area contributed by atoms with E-state index in [1.165, 1.54) is 12.3 Å². The van der Waals surface area contributed by atoms with Gasteiger partial charge in [-0.15, -0.1) is 0 Å². The van der Waals surface area contributed by atoms with Crippen LogP contribution >= 0.6 is 0 Å². The predicted molar refractivity (Wildman–Crippen MR) is 135 cm³/mol. The smallest absolute Gasteiger partial charge is 0.346 e. The lowest BCUT2D eigenvalue weighted by Gasteiger charge is -2.35. The molecule has 1 fully saturated rings. The van der Waals surface area contributed by atoms with E-state index in [1.807, 2.05) is 35.2 Å². The van der Waals surface area contributed by atoms with Crippen LogP contribution in [0.1, 0.15) is 21.7 Å². The summed E-state index contributed by atoms with van der Waals surface area (Å²) in [4.78, 5) is 39.5. The topological polar surface area (TPSA) is 94.2 Å². The number of benzene rings is 2. The van der Waals surface area contributed by atoms with Crippen LogP contribution in [0.3, 0.4) is 0 Å². The number of nitrogens with zero attached hydrogens (tertiary/aromatic N) is 4. The fourth-order valence-electron chi connectivity index (χ4n) is 4.19. The van der Waals surface area contributed by atoms with Gasteiger partial charge in [-0.1, -0.05) is 60.7 Å². The van der Waals surface area contributed by atoms with Gasteiger partial charge in [0.1, 0.15) is 11.6 Å². The summed E-state index contributed by atoms with van der Waals surface area (Å²) in [5.41, 5.74) is -0.327. The van der Waals surface area contributed by atoms with Gasteiger partial charge in [-0.25, -0.2) is 9.97 Å². The van der Waals surface area contributed by atoms with Gasteiger partial charge in [0.25, 0.3) is 5.91 Å². The molecule has 1 saturated heterocycles. The Labute approximate surface area is 216 Å². The zero-order valence-corrected chi connectivity index (χ0v) is 20.1. The number of piperazine rings is 1. The number of rotatable bonds is 6. The number of pyridine rings is 1. The third-order valence-corrected chi connectivity index (χ3v) is 6.11. The summed E-state index contributed by atoms with van der Waals surface area (Å²) in [7, 11) is 0. The van der Waals surface area contributed by atoms with Crippen LogP contribution < -0.4 is 10.2 Å². The lowest BCUT2D eigenvalue weighted by Crippen LogP contribution is -2.50. The molecular weight excluding hydrogens is 497 g/mol. The van der Waals surface area contributed by atoms with Gasteiger partial charge in [0.15, 0.2) is 11.4 Å². The van der Waals surface area contributed by atoms with E-state index in [0.717, 1.165) is 5.56 Å². The van der Waals surface area contributed by atoms with Crippen molar-refractivity contribution in [3.63, 3.8) is 0 Å². The summed E-state index contributed by atoms with van der Waals surface area (Å²) in [6.45, 7) is 1.78. The molecule has 0 spiro atoms. The van der Waals surface area contributed by atoms with Crippen LogP contribution in [-0.4, -0.2) is 51.3 Å². The largest absolute Gasteiger partial charge is 0.433 e. The molecule has 0 atom stereocenters. The van der Waals surface area contributed by atoms with E-state index in [-0.39, 0.29) is 24.0 Å². The molecule has 3 heterocycles. The van der Waals surface area contributed by atoms with Gasteiger partial charge in [0.2, 0.25) is 5.91 Å². The molecule has 1 aliphatic heterocycles. The maximum atomic E-state index is 13.6. The van der Waals surface area contributed by atoms with Gasteiger partial charge in [-0.05, 0) is 17.7 Å². The van der Waals surface area contributed by atoms with Crippen molar-refractivity contribution in [2.75, 3.05) is 29.9 Å². The maximum absolute atomic E-state index is 13.6. The molecular formula is C27H23F3N6O2. The van der Waals surface area contributed by atoms with Crippen LogP contribution in [-0.2, 0) is 17.5 Å². The van der Waals surface area contributed by atoms with Crippen molar-refractivity contribution < 1.29 is 22.8 Å². The standard InChI is InChI=1S/C27H23F3N6O2/c28-27(29,30)24-23(33-25(34-24)19-9-5-2-6-10-19)26(38)32-20-11-12-21(31-15-20)35-13-14-36(22(37)17-35)16-18-7-3-1-4-8-18/h1-12,15H,13-14,16-17H2,(H,32,38)(H,33,34). The summed E-state index contributed by atoms with van der Waals surface area (Å²) >= 11 is 0. The molecule has 1 aliphatic rings. The first-order valence-corrected chi connectivity index (χ1v) is 11.8. The van der Waals surface area contributed by atoms with Crippen molar-refractivity contribution in [1.29, 1.82) is 0 Å². The van der Waals surface area contributed by atoms with Crippen LogP contribution in [0, 0.1) is 0 Å². The van der Waals surface area contributed by atoms with Gasteiger partial charge in [0, 0.05) is 25.2 Å². The lowest BCUT2D eigenvalue weighted by molar-refractivity contribution is -0.141. The number of imidazole rings is 1. The monoisotopic (exact) mass is 520 g/mol. The second kappa shape index (κ2) is 10.4. The van der Waals surface area contributed by atoms with Crippen LogP contribution in [0.15, 0.2) is 79.0 Å². The van der Waals surface area contributed by atoms with Gasteiger partial charge < -0.3 is 20.1 Å². The molecule has 4 aromatic rings. The number of H-pyrrole nitrogens is 1. The number of halogens is 3. The molecule has 2 aromatic heterocycles. The number of amides is 2. The molecule has 194 valence electrons. The number of hydrogen-bond acceptors (Lipinski definition) is 5. The Kier molecular flexibility index (Phi) is 6.82. The molecule has 2 N–H and O–H groups in total. The highest BCUT2D eigenvalue weighted by Gasteiger charge is 2.39. The fraction of sp³-hybridized carbons (Fsp3) is 0.185.